The molecule has 0 saturated heterocycles. The lowest BCUT2D eigenvalue weighted by atomic mass is 10.1. The average molecular weight is 362 g/mol. The third-order valence-electron chi connectivity index (χ3n) is 3.11. The summed E-state index contributed by atoms with van der Waals surface area (Å²) in [5.74, 6) is 0.109. The second-order valence-electron chi connectivity index (χ2n) is 4.49. The van der Waals surface area contributed by atoms with Gasteiger partial charge in [0, 0.05) is 20.3 Å². The number of benzene rings is 3. The Balaban J connectivity index is 1.97. The number of ether oxygens (including phenoxy) is 1. The Morgan fingerprint density at radius 2 is 1.57 bits per heavy atom. The van der Waals surface area contributed by atoms with Crippen LogP contribution < -0.4 is 4.74 Å². The highest BCUT2D eigenvalue weighted by molar-refractivity contribution is 9.10. The number of fused-ring (bicyclic) bond motifs is 1. The van der Waals surface area contributed by atoms with E-state index in [-0.39, 0.29) is 0 Å². The lowest BCUT2D eigenvalue weighted by molar-refractivity contribution is 0.0737. The van der Waals surface area contributed by atoms with Gasteiger partial charge in [0.15, 0.2) is 0 Å². The number of rotatable bonds is 2. The lowest BCUT2D eigenvalue weighted by Crippen LogP contribution is -2.08. The molecule has 3 rings (SSSR count). The molecule has 21 heavy (non-hydrogen) atoms. The van der Waals surface area contributed by atoms with Gasteiger partial charge in [-0.25, -0.2) is 4.79 Å². The first-order valence-electron chi connectivity index (χ1n) is 6.30. The van der Waals surface area contributed by atoms with Crippen molar-refractivity contribution in [2.75, 3.05) is 0 Å². The van der Waals surface area contributed by atoms with Crippen molar-refractivity contribution in [1.82, 2.24) is 0 Å². The van der Waals surface area contributed by atoms with E-state index < -0.39 is 5.97 Å². The highest BCUT2D eigenvalue weighted by atomic mass is 79.9. The summed E-state index contributed by atoms with van der Waals surface area (Å²) in [6, 6.07) is 18.0. The first-order valence-corrected chi connectivity index (χ1v) is 7.47. The zero-order valence-corrected chi connectivity index (χ0v) is 13.2. The van der Waals surface area contributed by atoms with Gasteiger partial charge < -0.3 is 4.74 Å². The van der Waals surface area contributed by atoms with Gasteiger partial charge in [-0.05, 0) is 36.4 Å². The third kappa shape index (κ3) is 2.94. The van der Waals surface area contributed by atoms with Crippen LogP contribution in [0.3, 0.4) is 0 Å². The van der Waals surface area contributed by atoms with Gasteiger partial charge in [0.2, 0.25) is 0 Å². The number of hydrogen-bond acceptors (Lipinski definition) is 2. The minimum absolute atomic E-state index is 0.394. The van der Waals surface area contributed by atoms with Crippen LogP contribution in [0, 0.1) is 0 Å². The van der Waals surface area contributed by atoms with Crippen molar-refractivity contribution in [3.8, 4) is 5.75 Å². The molecule has 0 fully saturated rings. The fourth-order valence-corrected chi connectivity index (χ4v) is 2.56. The van der Waals surface area contributed by atoms with Crippen LogP contribution in [-0.2, 0) is 0 Å². The molecule has 0 amide bonds. The predicted molar refractivity (Wildman–Crippen MR) is 88.1 cm³/mol. The molecule has 0 aliphatic rings. The van der Waals surface area contributed by atoms with Crippen LogP contribution in [0.15, 0.2) is 65.1 Å². The molecule has 0 heterocycles. The van der Waals surface area contributed by atoms with Gasteiger partial charge in [0.05, 0.1) is 5.56 Å². The van der Waals surface area contributed by atoms with E-state index in [1.165, 1.54) is 0 Å². The minimum atomic E-state index is -0.394. The minimum Gasteiger partial charge on any atom is -0.422 e. The van der Waals surface area contributed by atoms with Gasteiger partial charge in [-0.15, -0.1) is 0 Å². The van der Waals surface area contributed by atoms with Crippen molar-refractivity contribution in [3.63, 3.8) is 0 Å². The van der Waals surface area contributed by atoms with Crippen molar-refractivity contribution < 1.29 is 9.53 Å². The van der Waals surface area contributed by atoms with E-state index in [0.717, 1.165) is 15.2 Å². The summed E-state index contributed by atoms with van der Waals surface area (Å²) in [6.45, 7) is 0. The van der Waals surface area contributed by atoms with Crippen LogP contribution >= 0.6 is 27.5 Å². The Hall–Kier alpha value is -1.84. The molecule has 0 bridgehead atoms. The molecule has 0 spiro atoms. The summed E-state index contributed by atoms with van der Waals surface area (Å²) in [7, 11) is 0. The van der Waals surface area contributed by atoms with Gasteiger partial charge >= 0.3 is 5.97 Å². The van der Waals surface area contributed by atoms with Gasteiger partial charge in [-0.1, -0.05) is 51.8 Å². The second kappa shape index (κ2) is 5.88. The van der Waals surface area contributed by atoms with Crippen molar-refractivity contribution in [1.29, 1.82) is 0 Å². The maximum Gasteiger partial charge on any atom is 0.343 e. The maximum atomic E-state index is 12.2. The number of halogens is 2. The fourth-order valence-electron chi connectivity index (χ4n) is 2.07. The number of carbonyl (C=O) groups excluding carboxylic acids is 1. The molecule has 0 aliphatic heterocycles. The molecule has 0 atom stereocenters. The molecular formula is C17H10BrClO2. The smallest absolute Gasteiger partial charge is 0.343 e. The van der Waals surface area contributed by atoms with E-state index in [1.54, 1.807) is 36.4 Å². The molecule has 0 saturated carbocycles. The highest BCUT2D eigenvalue weighted by Gasteiger charge is 2.11. The molecule has 2 nitrogen and oxygen atoms in total. The monoisotopic (exact) mass is 360 g/mol. The Bertz CT molecular complexity index is 813. The first-order chi connectivity index (χ1) is 10.1. The van der Waals surface area contributed by atoms with Crippen LogP contribution in [0.1, 0.15) is 10.4 Å². The Labute approximate surface area is 135 Å². The van der Waals surface area contributed by atoms with E-state index >= 15 is 0 Å². The maximum absolute atomic E-state index is 12.2. The molecule has 0 unspecified atom stereocenters. The summed E-state index contributed by atoms with van der Waals surface area (Å²) >= 11 is 9.49. The molecule has 0 N–H and O–H groups in total. The van der Waals surface area contributed by atoms with E-state index in [2.05, 4.69) is 15.9 Å². The molecular weight excluding hydrogens is 352 g/mol. The zero-order chi connectivity index (χ0) is 14.8. The largest absolute Gasteiger partial charge is 0.422 e. The Kier molecular flexibility index (Phi) is 3.95. The Morgan fingerprint density at radius 1 is 0.905 bits per heavy atom. The van der Waals surface area contributed by atoms with Crippen molar-refractivity contribution in [2.24, 2.45) is 0 Å². The highest BCUT2D eigenvalue weighted by Crippen LogP contribution is 2.31. The molecule has 4 heteroatoms. The molecule has 3 aromatic carbocycles. The van der Waals surface area contributed by atoms with Crippen LogP contribution in [0.5, 0.6) is 5.75 Å². The van der Waals surface area contributed by atoms with Gasteiger partial charge in [0.1, 0.15) is 5.75 Å². The van der Waals surface area contributed by atoms with Gasteiger partial charge in [-0.3, -0.25) is 0 Å². The van der Waals surface area contributed by atoms with E-state index in [1.807, 2.05) is 24.3 Å². The van der Waals surface area contributed by atoms with Gasteiger partial charge in [0.25, 0.3) is 0 Å². The summed E-state index contributed by atoms with van der Waals surface area (Å²) in [6.07, 6.45) is 0. The van der Waals surface area contributed by atoms with Crippen LogP contribution in [0.2, 0.25) is 5.02 Å². The van der Waals surface area contributed by atoms with Gasteiger partial charge in [-0.2, -0.15) is 0 Å². The molecule has 0 aliphatic carbocycles. The van der Waals surface area contributed by atoms with Crippen molar-refractivity contribution in [2.45, 2.75) is 0 Å². The number of esters is 1. The summed E-state index contributed by atoms with van der Waals surface area (Å²) in [5.41, 5.74) is 0.497. The quantitative estimate of drug-likeness (QED) is 0.446. The predicted octanol–water partition coefficient (Wildman–Crippen LogP) is 5.47. The van der Waals surface area contributed by atoms with Crippen LogP contribution in [0.25, 0.3) is 10.8 Å². The molecule has 104 valence electrons. The zero-order valence-electron chi connectivity index (χ0n) is 10.8. The SMILES string of the molecule is O=C(Oc1ccc(Cl)c2ccccc12)c1ccc(Br)cc1. The van der Waals surface area contributed by atoms with E-state index in [0.29, 0.717) is 16.3 Å². The second-order valence-corrected chi connectivity index (χ2v) is 5.81. The first kappa shape index (κ1) is 14.1. The normalized spacial score (nSPS) is 10.6. The summed E-state index contributed by atoms with van der Waals surface area (Å²) in [4.78, 5) is 12.2. The summed E-state index contributed by atoms with van der Waals surface area (Å²) < 4.78 is 6.41. The number of carbonyl (C=O) groups is 1. The molecule has 0 aromatic heterocycles. The standard InChI is InChI=1S/C17H10BrClO2/c18-12-7-5-11(6-8-12)17(20)21-16-10-9-15(19)13-3-1-2-4-14(13)16/h1-10H. The van der Waals surface area contributed by atoms with Crippen molar-refractivity contribution >= 4 is 44.3 Å². The Morgan fingerprint density at radius 3 is 2.29 bits per heavy atom. The average Bonchev–Trinajstić information content (AvgIpc) is 2.51. The van der Waals surface area contributed by atoms with E-state index in [4.69, 9.17) is 16.3 Å². The topological polar surface area (TPSA) is 26.3 Å². The molecule has 0 radical (unpaired) electrons. The molecule has 3 aromatic rings. The van der Waals surface area contributed by atoms with Crippen LogP contribution in [0.4, 0.5) is 0 Å². The lowest BCUT2D eigenvalue weighted by Gasteiger charge is -2.09. The third-order valence-corrected chi connectivity index (χ3v) is 3.97. The van der Waals surface area contributed by atoms with Crippen molar-refractivity contribution in [3.05, 3.63) is 75.7 Å². The number of hydrogen-bond donors (Lipinski definition) is 0. The summed E-state index contributed by atoms with van der Waals surface area (Å²) in [5, 5.41) is 2.31. The van der Waals surface area contributed by atoms with E-state index in [9.17, 15) is 4.79 Å². The fraction of sp³-hybridized carbons (Fsp3) is 0. The van der Waals surface area contributed by atoms with Crippen LogP contribution in [-0.4, -0.2) is 5.97 Å².